The summed E-state index contributed by atoms with van der Waals surface area (Å²) in [7, 11) is 2.64. The van der Waals surface area contributed by atoms with Gasteiger partial charge in [0.2, 0.25) is 0 Å². The molecular weight excluding hydrogens is 194 g/mol. The van der Waals surface area contributed by atoms with E-state index in [2.05, 4.69) is 16.3 Å². The van der Waals surface area contributed by atoms with Gasteiger partial charge in [0.1, 0.15) is 0 Å². The van der Waals surface area contributed by atoms with E-state index in [0.29, 0.717) is 5.70 Å². The Balaban J connectivity index is 4.68. The predicted octanol–water partition coefficient (Wildman–Crippen LogP) is 1.85. The molecule has 0 radical (unpaired) electrons. The van der Waals surface area contributed by atoms with E-state index in [-0.39, 0.29) is 5.90 Å². The molecule has 0 aliphatic heterocycles. The van der Waals surface area contributed by atoms with Gasteiger partial charge in [-0.25, -0.2) is 9.79 Å². The van der Waals surface area contributed by atoms with Gasteiger partial charge < -0.3 is 9.47 Å². The van der Waals surface area contributed by atoms with Crippen LogP contribution in [0.3, 0.4) is 0 Å². The lowest BCUT2D eigenvalue weighted by atomic mass is 10.4. The molecule has 0 saturated carbocycles. The summed E-state index contributed by atoms with van der Waals surface area (Å²) >= 11 is 0. The van der Waals surface area contributed by atoms with Crippen molar-refractivity contribution in [1.82, 2.24) is 0 Å². The van der Waals surface area contributed by atoms with Crippen molar-refractivity contribution in [1.29, 1.82) is 0 Å². The Morgan fingerprint density at radius 1 is 1.27 bits per heavy atom. The van der Waals surface area contributed by atoms with Crippen molar-refractivity contribution in [3.05, 3.63) is 36.6 Å². The average Bonchev–Trinajstić information content (AvgIpc) is 2.25. The topological polar surface area (TPSA) is 47.9 Å². The normalized spacial score (nSPS) is 12.7. The van der Waals surface area contributed by atoms with E-state index in [4.69, 9.17) is 4.74 Å². The molecule has 0 aromatic rings. The van der Waals surface area contributed by atoms with Gasteiger partial charge >= 0.3 is 11.9 Å². The molecular formula is C11H15NO3. The summed E-state index contributed by atoms with van der Waals surface area (Å²) in [6.07, 6.45) is 6.88. The predicted molar refractivity (Wildman–Crippen MR) is 59.6 cm³/mol. The van der Waals surface area contributed by atoms with Crippen LogP contribution in [0.15, 0.2) is 41.6 Å². The van der Waals surface area contributed by atoms with Crippen LogP contribution in [0.25, 0.3) is 0 Å². The molecule has 0 N–H and O–H groups in total. The van der Waals surface area contributed by atoms with Crippen molar-refractivity contribution < 1.29 is 14.3 Å². The number of methoxy groups -OCH3 is 2. The van der Waals surface area contributed by atoms with Gasteiger partial charge in [-0.1, -0.05) is 24.8 Å². The molecule has 0 atom stereocenters. The highest BCUT2D eigenvalue weighted by molar-refractivity contribution is 6.32. The summed E-state index contributed by atoms with van der Waals surface area (Å²) in [5.74, 6) is -0.670. The van der Waals surface area contributed by atoms with E-state index in [9.17, 15) is 4.79 Å². The van der Waals surface area contributed by atoms with Crippen molar-refractivity contribution in [3.8, 4) is 0 Å². The molecule has 4 heteroatoms. The maximum absolute atomic E-state index is 11.1. The van der Waals surface area contributed by atoms with Gasteiger partial charge in [0, 0.05) is 5.70 Å². The van der Waals surface area contributed by atoms with Crippen molar-refractivity contribution in [2.75, 3.05) is 14.2 Å². The summed E-state index contributed by atoms with van der Waals surface area (Å²) < 4.78 is 9.24. The van der Waals surface area contributed by atoms with Crippen molar-refractivity contribution in [3.63, 3.8) is 0 Å². The number of hydrogen-bond acceptors (Lipinski definition) is 4. The maximum Gasteiger partial charge on any atom is 0.393 e. The van der Waals surface area contributed by atoms with Crippen molar-refractivity contribution in [2.45, 2.75) is 6.92 Å². The Morgan fingerprint density at radius 2 is 1.93 bits per heavy atom. The van der Waals surface area contributed by atoms with Gasteiger partial charge in [0.05, 0.1) is 14.2 Å². The quantitative estimate of drug-likeness (QED) is 0.308. The van der Waals surface area contributed by atoms with Crippen LogP contribution in [-0.4, -0.2) is 26.1 Å². The number of nitrogens with zero attached hydrogens (tertiary/aromatic N) is 1. The Labute approximate surface area is 89.6 Å². The molecule has 82 valence electrons. The number of ether oxygens (including phenoxy) is 2. The molecule has 15 heavy (non-hydrogen) atoms. The number of rotatable bonds is 3. The molecule has 0 bridgehead atoms. The third kappa shape index (κ3) is 5.46. The molecule has 0 aliphatic carbocycles. The standard InChI is InChI=1S/C11H15NO3/c1-5-6-7-8-9(2)12-10(14-3)11(13)15-4/h5-8H,1H2,2-4H3/b7-6+,9-8+,12-10?. The van der Waals surface area contributed by atoms with Crippen LogP contribution < -0.4 is 0 Å². The zero-order valence-electron chi connectivity index (χ0n) is 9.19. The monoisotopic (exact) mass is 209 g/mol. The van der Waals surface area contributed by atoms with Crippen LogP contribution in [0.4, 0.5) is 0 Å². The molecule has 0 heterocycles. The van der Waals surface area contributed by atoms with Crippen LogP contribution in [0.1, 0.15) is 6.92 Å². The molecule has 0 fully saturated rings. The maximum atomic E-state index is 11.1. The smallest absolute Gasteiger partial charge is 0.393 e. The Kier molecular flexibility index (Phi) is 6.63. The number of carbonyl (C=O) groups is 1. The minimum absolute atomic E-state index is 0.0711. The lowest BCUT2D eigenvalue weighted by molar-refractivity contribution is -0.134. The number of allylic oxidation sites excluding steroid dienone is 5. The Morgan fingerprint density at radius 3 is 2.40 bits per heavy atom. The fourth-order valence-corrected chi connectivity index (χ4v) is 0.733. The summed E-state index contributed by atoms with van der Waals surface area (Å²) in [6, 6.07) is 0. The van der Waals surface area contributed by atoms with Gasteiger partial charge in [-0.05, 0) is 13.0 Å². The second-order valence-corrected chi connectivity index (χ2v) is 2.54. The molecule has 0 aromatic carbocycles. The zero-order valence-corrected chi connectivity index (χ0v) is 9.19. The molecule has 0 saturated heterocycles. The largest absolute Gasteiger partial charge is 0.476 e. The molecule has 0 amide bonds. The number of aliphatic imine (C=N–C) groups is 1. The van der Waals surface area contributed by atoms with Gasteiger partial charge in [-0.15, -0.1) is 0 Å². The van der Waals surface area contributed by atoms with Crippen LogP contribution in [-0.2, 0) is 14.3 Å². The summed E-state index contributed by atoms with van der Waals surface area (Å²) in [5, 5.41) is 0. The van der Waals surface area contributed by atoms with Gasteiger partial charge in [0.15, 0.2) is 0 Å². The van der Waals surface area contributed by atoms with Crippen LogP contribution in [0, 0.1) is 0 Å². The van der Waals surface area contributed by atoms with E-state index >= 15 is 0 Å². The zero-order chi connectivity index (χ0) is 11.7. The highest BCUT2D eigenvalue weighted by atomic mass is 16.6. The van der Waals surface area contributed by atoms with Crippen LogP contribution in [0.2, 0.25) is 0 Å². The second-order valence-electron chi connectivity index (χ2n) is 2.54. The lowest BCUT2D eigenvalue weighted by Crippen LogP contribution is -2.17. The number of carbonyl (C=O) groups excluding carboxylic acids is 1. The molecule has 0 unspecified atom stereocenters. The molecule has 0 rings (SSSR count). The molecule has 0 aromatic heterocycles. The first-order chi connectivity index (χ1) is 7.15. The van der Waals surface area contributed by atoms with Gasteiger partial charge in [-0.2, -0.15) is 0 Å². The first kappa shape index (κ1) is 13.2. The van der Waals surface area contributed by atoms with Crippen molar-refractivity contribution >= 4 is 11.9 Å². The first-order valence-corrected chi connectivity index (χ1v) is 4.32. The third-order valence-electron chi connectivity index (χ3n) is 1.42. The fourth-order valence-electron chi connectivity index (χ4n) is 0.733. The highest BCUT2D eigenvalue weighted by Gasteiger charge is 2.11. The molecule has 0 spiro atoms. The number of hydrogen-bond donors (Lipinski definition) is 0. The van der Waals surface area contributed by atoms with E-state index in [1.54, 1.807) is 31.2 Å². The van der Waals surface area contributed by atoms with E-state index in [1.165, 1.54) is 14.2 Å². The molecule has 0 aliphatic rings. The highest BCUT2D eigenvalue weighted by Crippen LogP contribution is 1.98. The Hall–Kier alpha value is -1.84. The van der Waals surface area contributed by atoms with Gasteiger partial charge in [-0.3, -0.25) is 0 Å². The van der Waals surface area contributed by atoms with Crippen molar-refractivity contribution in [2.24, 2.45) is 4.99 Å². The van der Waals surface area contributed by atoms with E-state index in [0.717, 1.165) is 0 Å². The average molecular weight is 209 g/mol. The minimum atomic E-state index is -0.599. The minimum Gasteiger partial charge on any atom is -0.476 e. The summed E-state index contributed by atoms with van der Waals surface area (Å²) in [5.41, 5.74) is 0.635. The molecule has 4 nitrogen and oxygen atoms in total. The SMILES string of the molecule is C=C/C=C/C=C(\C)N=C(OC)C(=O)OC. The van der Waals surface area contributed by atoms with Crippen LogP contribution >= 0.6 is 0 Å². The van der Waals surface area contributed by atoms with Gasteiger partial charge in [0.25, 0.3) is 0 Å². The lowest BCUT2D eigenvalue weighted by Gasteiger charge is -2.01. The summed E-state index contributed by atoms with van der Waals surface area (Å²) in [6.45, 7) is 5.27. The number of esters is 1. The first-order valence-electron chi connectivity index (χ1n) is 4.32. The van der Waals surface area contributed by atoms with Crippen LogP contribution in [0.5, 0.6) is 0 Å². The Bertz CT molecular complexity index is 314. The summed E-state index contributed by atoms with van der Waals surface area (Å²) in [4.78, 5) is 15.0. The van der Waals surface area contributed by atoms with E-state index < -0.39 is 5.97 Å². The third-order valence-corrected chi connectivity index (χ3v) is 1.42. The fraction of sp³-hybridized carbons (Fsp3) is 0.273. The second kappa shape index (κ2) is 7.55. The van der Waals surface area contributed by atoms with E-state index in [1.807, 2.05) is 0 Å².